The Morgan fingerprint density at radius 3 is 2.74 bits per heavy atom. The Balaban J connectivity index is 2.06. The molecule has 4 nitrogen and oxygen atoms in total. The molecule has 1 atom stereocenters. The van der Waals surface area contributed by atoms with Gasteiger partial charge in [0.05, 0.1) is 5.69 Å². The maximum atomic E-state index is 4.97. The fraction of sp³-hybridized carbons (Fsp3) is 0.800. The van der Waals surface area contributed by atoms with Crippen LogP contribution in [0.4, 0.5) is 0 Å². The molecular formula is C15H26N4. The van der Waals surface area contributed by atoms with Crippen LogP contribution in [0.15, 0.2) is 0 Å². The highest BCUT2D eigenvalue weighted by Crippen LogP contribution is 2.32. The van der Waals surface area contributed by atoms with Crippen LogP contribution < -0.4 is 5.32 Å². The number of likely N-dealkylation sites (tertiary alicyclic amines) is 1. The van der Waals surface area contributed by atoms with Gasteiger partial charge in [0, 0.05) is 43.2 Å². The van der Waals surface area contributed by atoms with Crippen molar-refractivity contribution >= 4 is 0 Å². The molecule has 19 heavy (non-hydrogen) atoms. The van der Waals surface area contributed by atoms with Crippen molar-refractivity contribution in [3.63, 3.8) is 0 Å². The second-order valence-corrected chi connectivity index (χ2v) is 7.08. The number of likely N-dealkylation sites (N-methyl/N-ethyl adjacent to an activating group) is 1. The van der Waals surface area contributed by atoms with E-state index in [1.807, 2.05) is 0 Å². The van der Waals surface area contributed by atoms with Crippen LogP contribution in [0.25, 0.3) is 0 Å². The summed E-state index contributed by atoms with van der Waals surface area (Å²) in [6.07, 6.45) is 2.38. The van der Waals surface area contributed by atoms with E-state index in [2.05, 4.69) is 42.6 Å². The first-order valence-corrected chi connectivity index (χ1v) is 7.46. The van der Waals surface area contributed by atoms with Crippen molar-refractivity contribution in [3.05, 3.63) is 17.2 Å². The van der Waals surface area contributed by atoms with Gasteiger partial charge in [-0.15, -0.1) is 0 Å². The molecule has 1 fully saturated rings. The summed E-state index contributed by atoms with van der Waals surface area (Å²) in [5.41, 5.74) is 2.90. The van der Waals surface area contributed by atoms with E-state index in [1.165, 1.54) is 36.7 Å². The van der Waals surface area contributed by atoms with E-state index in [-0.39, 0.29) is 5.41 Å². The Morgan fingerprint density at radius 1 is 1.32 bits per heavy atom. The monoisotopic (exact) mass is 262 g/mol. The number of hydrogen-bond donors (Lipinski definition) is 1. The molecule has 0 aromatic carbocycles. The maximum absolute atomic E-state index is 4.97. The molecule has 4 heteroatoms. The molecule has 2 aliphatic rings. The summed E-state index contributed by atoms with van der Waals surface area (Å²) >= 11 is 0. The van der Waals surface area contributed by atoms with E-state index >= 15 is 0 Å². The summed E-state index contributed by atoms with van der Waals surface area (Å²) in [4.78, 5) is 7.41. The molecule has 1 aromatic rings. The van der Waals surface area contributed by atoms with Gasteiger partial charge in [-0.2, -0.15) is 0 Å². The smallest absolute Gasteiger partial charge is 0.114 e. The number of aromatic nitrogens is 2. The minimum absolute atomic E-state index is 0.124. The lowest BCUT2D eigenvalue weighted by Gasteiger charge is -2.26. The number of nitrogens with one attached hydrogen (secondary N) is 1. The number of nitrogens with zero attached hydrogens (tertiary/aromatic N) is 3. The van der Waals surface area contributed by atoms with Crippen LogP contribution in [0.3, 0.4) is 0 Å². The normalized spacial score (nSPS) is 24.7. The molecular weight excluding hydrogens is 236 g/mol. The van der Waals surface area contributed by atoms with Gasteiger partial charge in [0.25, 0.3) is 0 Å². The fourth-order valence-corrected chi connectivity index (χ4v) is 3.38. The molecule has 0 saturated carbocycles. The molecule has 2 aliphatic heterocycles. The molecule has 0 radical (unpaired) electrons. The average molecular weight is 262 g/mol. The van der Waals surface area contributed by atoms with Gasteiger partial charge in [0.15, 0.2) is 0 Å². The Labute approximate surface area is 116 Å². The van der Waals surface area contributed by atoms with Crippen LogP contribution in [0.2, 0.25) is 0 Å². The van der Waals surface area contributed by atoms with Crippen molar-refractivity contribution in [1.82, 2.24) is 19.8 Å². The van der Waals surface area contributed by atoms with Crippen LogP contribution in [0.5, 0.6) is 0 Å². The van der Waals surface area contributed by atoms with Crippen molar-refractivity contribution in [3.8, 4) is 0 Å². The summed E-state index contributed by atoms with van der Waals surface area (Å²) in [5, 5.41) is 3.45. The first-order valence-electron chi connectivity index (χ1n) is 7.46. The first-order chi connectivity index (χ1) is 8.97. The average Bonchev–Trinajstić information content (AvgIpc) is 2.91. The standard InChI is InChI=1S/C15H26N4/c1-15(2,3)14-17-12-9-16-7-5-13(12)19(14)11-6-8-18(4)10-11/h11,16H,5-10H2,1-4H3. The molecule has 0 bridgehead atoms. The Morgan fingerprint density at radius 2 is 2.11 bits per heavy atom. The van der Waals surface area contributed by atoms with E-state index in [0.717, 1.165) is 19.5 Å². The van der Waals surface area contributed by atoms with Crippen molar-refractivity contribution in [2.45, 2.75) is 51.6 Å². The quantitative estimate of drug-likeness (QED) is 0.836. The maximum Gasteiger partial charge on any atom is 0.114 e. The molecule has 106 valence electrons. The van der Waals surface area contributed by atoms with Crippen LogP contribution in [0.1, 0.15) is 50.4 Å². The van der Waals surface area contributed by atoms with Crippen molar-refractivity contribution < 1.29 is 0 Å². The third kappa shape index (κ3) is 2.32. The summed E-state index contributed by atoms with van der Waals surface area (Å²) < 4.78 is 2.58. The third-order valence-electron chi connectivity index (χ3n) is 4.33. The van der Waals surface area contributed by atoms with Gasteiger partial charge >= 0.3 is 0 Å². The summed E-state index contributed by atoms with van der Waals surface area (Å²) in [7, 11) is 2.22. The van der Waals surface area contributed by atoms with E-state index in [1.54, 1.807) is 0 Å². The van der Waals surface area contributed by atoms with Gasteiger partial charge in [-0.3, -0.25) is 0 Å². The third-order valence-corrected chi connectivity index (χ3v) is 4.33. The largest absolute Gasteiger partial charge is 0.327 e. The predicted molar refractivity (Wildman–Crippen MR) is 77.5 cm³/mol. The summed E-state index contributed by atoms with van der Waals surface area (Å²) in [6.45, 7) is 11.2. The second-order valence-electron chi connectivity index (χ2n) is 7.08. The number of fused-ring (bicyclic) bond motifs is 1. The molecule has 1 saturated heterocycles. The van der Waals surface area contributed by atoms with Gasteiger partial charge < -0.3 is 14.8 Å². The highest BCUT2D eigenvalue weighted by Gasteiger charge is 2.32. The molecule has 3 heterocycles. The lowest BCUT2D eigenvalue weighted by Crippen LogP contribution is -2.28. The summed E-state index contributed by atoms with van der Waals surface area (Å²) in [5.74, 6) is 1.28. The topological polar surface area (TPSA) is 33.1 Å². The molecule has 1 N–H and O–H groups in total. The van der Waals surface area contributed by atoms with E-state index in [4.69, 9.17) is 4.98 Å². The van der Waals surface area contributed by atoms with Gasteiger partial charge in [0.2, 0.25) is 0 Å². The van der Waals surface area contributed by atoms with Crippen LogP contribution in [0, 0.1) is 0 Å². The van der Waals surface area contributed by atoms with E-state index in [0.29, 0.717) is 6.04 Å². The predicted octanol–water partition coefficient (Wildman–Crippen LogP) is 1.70. The highest BCUT2D eigenvalue weighted by molar-refractivity contribution is 5.25. The van der Waals surface area contributed by atoms with E-state index in [9.17, 15) is 0 Å². The van der Waals surface area contributed by atoms with Crippen molar-refractivity contribution in [2.75, 3.05) is 26.7 Å². The van der Waals surface area contributed by atoms with Crippen LogP contribution in [-0.4, -0.2) is 41.1 Å². The molecule has 0 aliphatic carbocycles. The van der Waals surface area contributed by atoms with Gasteiger partial charge in [0.1, 0.15) is 5.82 Å². The van der Waals surface area contributed by atoms with E-state index < -0.39 is 0 Å². The SMILES string of the molecule is CN1CCC(n2c(C(C)(C)C)nc3c2CCNC3)C1. The zero-order valence-electron chi connectivity index (χ0n) is 12.7. The number of hydrogen-bond acceptors (Lipinski definition) is 3. The van der Waals surface area contributed by atoms with Crippen LogP contribution >= 0.6 is 0 Å². The Bertz CT molecular complexity index is 469. The summed E-state index contributed by atoms with van der Waals surface area (Å²) in [6, 6.07) is 0.619. The zero-order chi connectivity index (χ0) is 13.6. The number of imidazole rings is 1. The lowest BCUT2D eigenvalue weighted by atomic mass is 9.95. The first kappa shape index (κ1) is 13.1. The zero-order valence-corrected chi connectivity index (χ0v) is 12.7. The van der Waals surface area contributed by atoms with Crippen LogP contribution in [-0.2, 0) is 18.4 Å². The highest BCUT2D eigenvalue weighted by atomic mass is 15.2. The van der Waals surface area contributed by atoms with Gasteiger partial charge in [-0.25, -0.2) is 4.98 Å². The molecule has 0 spiro atoms. The van der Waals surface area contributed by atoms with Gasteiger partial charge in [-0.1, -0.05) is 20.8 Å². The Kier molecular flexibility index (Phi) is 3.18. The number of rotatable bonds is 1. The van der Waals surface area contributed by atoms with Crippen molar-refractivity contribution in [2.24, 2.45) is 0 Å². The second kappa shape index (κ2) is 4.60. The Hall–Kier alpha value is -0.870. The lowest BCUT2D eigenvalue weighted by molar-refractivity contribution is 0.375. The molecule has 3 rings (SSSR count). The van der Waals surface area contributed by atoms with Crippen molar-refractivity contribution in [1.29, 1.82) is 0 Å². The minimum Gasteiger partial charge on any atom is -0.327 e. The molecule has 0 amide bonds. The molecule has 1 unspecified atom stereocenters. The molecule has 1 aromatic heterocycles. The van der Waals surface area contributed by atoms with Gasteiger partial charge in [-0.05, 0) is 20.0 Å². The minimum atomic E-state index is 0.124. The fourth-order valence-electron chi connectivity index (χ4n) is 3.38.